The van der Waals surface area contributed by atoms with Crippen LogP contribution in [0.2, 0.25) is 0 Å². The van der Waals surface area contributed by atoms with E-state index in [0.717, 1.165) is 17.8 Å². The Kier molecular flexibility index (Phi) is 3.93. The van der Waals surface area contributed by atoms with Crippen LogP contribution in [0.1, 0.15) is 29.7 Å². The highest BCUT2D eigenvalue weighted by Gasteiger charge is 2.22. The summed E-state index contributed by atoms with van der Waals surface area (Å²) in [6.07, 6.45) is 1.01. The van der Waals surface area contributed by atoms with Crippen molar-refractivity contribution >= 4 is 11.0 Å². The molecule has 3 rings (SSSR count). The maximum absolute atomic E-state index is 14.1. The standard InChI is InChI=1S/C18H16F2N2O2/c1-8-6-11(10(3)21)17-12(7-8)15(23)9(2)16(24-17)14-13(19)4-5-22-18(14)20/h4-7,10H,21H2,1-3H3. The summed E-state index contributed by atoms with van der Waals surface area (Å²) in [5, 5.41) is 0.341. The molecule has 0 saturated carbocycles. The number of hydrogen-bond acceptors (Lipinski definition) is 4. The zero-order valence-corrected chi connectivity index (χ0v) is 13.5. The van der Waals surface area contributed by atoms with Crippen molar-refractivity contribution in [2.24, 2.45) is 5.73 Å². The van der Waals surface area contributed by atoms with Gasteiger partial charge in [-0.2, -0.15) is 4.39 Å². The second-order valence-electron chi connectivity index (χ2n) is 5.86. The summed E-state index contributed by atoms with van der Waals surface area (Å²) in [5.41, 5.74) is 6.98. The Balaban J connectivity index is 2.48. The predicted molar refractivity (Wildman–Crippen MR) is 87.7 cm³/mol. The number of hydrogen-bond donors (Lipinski definition) is 1. The average molecular weight is 330 g/mol. The van der Waals surface area contributed by atoms with Crippen LogP contribution in [0.15, 0.2) is 33.6 Å². The van der Waals surface area contributed by atoms with Gasteiger partial charge in [0.05, 0.1) is 5.39 Å². The van der Waals surface area contributed by atoms with Crippen LogP contribution in [0, 0.1) is 25.6 Å². The van der Waals surface area contributed by atoms with E-state index in [9.17, 15) is 13.6 Å². The summed E-state index contributed by atoms with van der Waals surface area (Å²) in [7, 11) is 0. The number of aryl methyl sites for hydroxylation is 1. The van der Waals surface area contributed by atoms with Crippen molar-refractivity contribution in [1.82, 2.24) is 4.98 Å². The molecule has 6 heteroatoms. The minimum atomic E-state index is -1.03. The first-order valence-electron chi connectivity index (χ1n) is 7.45. The van der Waals surface area contributed by atoms with Gasteiger partial charge in [-0.1, -0.05) is 6.07 Å². The Morgan fingerprint density at radius 2 is 1.96 bits per heavy atom. The van der Waals surface area contributed by atoms with Gasteiger partial charge in [-0.3, -0.25) is 4.79 Å². The third kappa shape index (κ3) is 2.49. The number of nitrogens with two attached hydrogens (primary N) is 1. The highest BCUT2D eigenvalue weighted by Crippen LogP contribution is 2.32. The second kappa shape index (κ2) is 5.79. The van der Waals surface area contributed by atoms with Gasteiger partial charge in [-0.25, -0.2) is 9.37 Å². The molecule has 0 saturated heterocycles. The Morgan fingerprint density at radius 3 is 2.58 bits per heavy atom. The van der Waals surface area contributed by atoms with Crippen molar-refractivity contribution in [3.63, 3.8) is 0 Å². The molecular weight excluding hydrogens is 314 g/mol. The third-order valence-corrected chi connectivity index (χ3v) is 3.96. The van der Waals surface area contributed by atoms with E-state index in [-0.39, 0.29) is 22.3 Å². The summed E-state index contributed by atoms with van der Waals surface area (Å²) < 4.78 is 33.9. The molecule has 2 heterocycles. The zero-order valence-electron chi connectivity index (χ0n) is 13.5. The average Bonchev–Trinajstić information content (AvgIpc) is 2.51. The molecule has 0 amide bonds. The van der Waals surface area contributed by atoms with Crippen LogP contribution < -0.4 is 11.2 Å². The molecule has 1 unspecified atom stereocenters. The maximum atomic E-state index is 14.1. The highest BCUT2D eigenvalue weighted by atomic mass is 19.1. The molecule has 0 fully saturated rings. The second-order valence-corrected chi connectivity index (χ2v) is 5.86. The van der Waals surface area contributed by atoms with Gasteiger partial charge in [0.25, 0.3) is 0 Å². The van der Waals surface area contributed by atoms with Gasteiger partial charge in [-0.15, -0.1) is 0 Å². The van der Waals surface area contributed by atoms with Gasteiger partial charge in [-0.05, 0) is 38.5 Å². The van der Waals surface area contributed by atoms with Crippen LogP contribution in [0.5, 0.6) is 0 Å². The van der Waals surface area contributed by atoms with Crippen LogP contribution in [-0.4, -0.2) is 4.98 Å². The molecule has 4 nitrogen and oxygen atoms in total. The quantitative estimate of drug-likeness (QED) is 0.726. The van der Waals surface area contributed by atoms with Crippen molar-refractivity contribution < 1.29 is 13.2 Å². The fraction of sp³-hybridized carbons (Fsp3) is 0.222. The predicted octanol–water partition coefficient (Wildman–Crippen LogP) is 3.77. The summed E-state index contributed by atoms with van der Waals surface area (Å²) in [6, 6.07) is 4.09. The van der Waals surface area contributed by atoms with Gasteiger partial charge in [0.15, 0.2) is 5.43 Å². The fourth-order valence-corrected chi connectivity index (χ4v) is 2.76. The Morgan fingerprint density at radius 1 is 1.25 bits per heavy atom. The molecule has 0 spiro atoms. The van der Waals surface area contributed by atoms with Crippen LogP contribution in [0.3, 0.4) is 0 Å². The molecule has 124 valence electrons. The van der Waals surface area contributed by atoms with Crippen molar-refractivity contribution in [3.8, 4) is 11.3 Å². The Labute approximate surface area is 136 Å². The van der Waals surface area contributed by atoms with Gasteiger partial charge in [0.1, 0.15) is 22.7 Å². The van der Waals surface area contributed by atoms with Crippen molar-refractivity contribution in [1.29, 1.82) is 0 Å². The van der Waals surface area contributed by atoms with E-state index in [1.165, 1.54) is 6.92 Å². The van der Waals surface area contributed by atoms with Gasteiger partial charge in [0.2, 0.25) is 5.95 Å². The van der Waals surface area contributed by atoms with Gasteiger partial charge < -0.3 is 10.2 Å². The third-order valence-electron chi connectivity index (χ3n) is 3.96. The minimum absolute atomic E-state index is 0.120. The lowest BCUT2D eigenvalue weighted by Crippen LogP contribution is -2.12. The number of benzene rings is 1. The van der Waals surface area contributed by atoms with E-state index in [1.54, 1.807) is 19.1 Å². The summed E-state index contributed by atoms with van der Waals surface area (Å²) >= 11 is 0. The van der Waals surface area contributed by atoms with Crippen molar-refractivity contribution in [2.75, 3.05) is 0 Å². The fourth-order valence-electron chi connectivity index (χ4n) is 2.76. The molecule has 0 aliphatic rings. The number of nitrogens with zero attached hydrogens (tertiary/aromatic N) is 1. The van der Waals surface area contributed by atoms with Crippen LogP contribution in [0.4, 0.5) is 8.78 Å². The SMILES string of the molecule is Cc1cc(C(C)N)c2oc(-c3c(F)ccnc3F)c(C)c(=O)c2c1. The maximum Gasteiger partial charge on any atom is 0.226 e. The zero-order chi connectivity index (χ0) is 17.6. The molecule has 0 aliphatic carbocycles. The number of fused-ring (bicyclic) bond motifs is 1. The number of rotatable bonds is 2. The topological polar surface area (TPSA) is 69.1 Å². The first-order valence-corrected chi connectivity index (χ1v) is 7.45. The summed E-state index contributed by atoms with van der Waals surface area (Å²) in [4.78, 5) is 16.2. The van der Waals surface area contributed by atoms with Gasteiger partial charge in [0, 0.05) is 23.4 Å². The first-order chi connectivity index (χ1) is 11.3. The van der Waals surface area contributed by atoms with E-state index < -0.39 is 23.4 Å². The molecule has 1 atom stereocenters. The lowest BCUT2D eigenvalue weighted by Gasteiger charge is -2.14. The normalized spacial score (nSPS) is 12.6. The van der Waals surface area contributed by atoms with Crippen molar-refractivity contribution in [3.05, 3.63) is 63.1 Å². The first kappa shape index (κ1) is 16.3. The summed E-state index contributed by atoms with van der Waals surface area (Å²) in [6.45, 7) is 5.06. The highest BCUT2D eigenvalue weighted by molar-refractivity contribution is 5.84. The molecule has 2 aromatic heterocycles. The molecule has 0 radical (unpaired) electrons. The molecule has 2 N–H and O–H groups in total. The van der Waals surface area contributed by atoms with Crippen molar-refractivity contribution in [2.45, 2.75) is 26.8 Å². The van der Waals surface area contributed by atoms with E-state index in [1.807, 2.05) is 6.92 Å². The van der Waals surface area contributed by atoms with E-state index >= 15 is 0 Å². The smallest absolute Gasteiger partial charge is 0.226 e. The summed E-state index contributed by atoms with van der Waals surface area (Å²) in [5.74, 6) is -2.04. The molecular formula is C18H16F2N2O2. The lowest BCUT2D eigenvalue weighted by molar-refractivity contribution is 0.536. The molecule has 24 heavy (non-hydrogen) atoms. The minimum Gasteiger partial charge on any atom is -0.455 e. The largest absolute Gasteiger partial charge is 0.455 e. The molecule has 0 bridgehead atoms. The van der Waals surface area contributed by atoms with E-state index in [4.69, 9.17) is 10.2 Å². The van der Waals surface area contributed by atoms with Gasteiger partial charge >= 0.3 is 0 Å². The lowest BCUT2D eigenvalue weighted by atomic mass is 9.99. The number of pyridine rings is 1. The molecule has 0 aliphatic heterocycles. The number of halogens is 2. The Hall–Kier alpha value is -2.60. The monoisotopic (exact) mass is 330 g/mol. The van der Waals surface area contributed by atoms with E-state index in [0.29, 0.717) is 10.9 Å². The molecule has 3 aromatic rings. The number of aromatic nitrogens is 1. The van der Waals surface area contributed by atoms with Crippen LogP contribution in [0.25, 0.3) is 22.3 Å². The van der Waals surface area contributed by atoms with Crippen LogP contribution >= 0.6 is 0 Å². The Bertz CT molecular complexity index is 990. The van der Waals surface area contributed by atoms with E-state index in [2.05, 4.69) is 4.98 Å². The molecule has 1 aromatic carbocycles. The van der Waals surface area contributed by atoms with Crippen LogP contribution in [-0.2, 0) is 0 Å².